The van der Waals surface area contributed by atoms with E-state index in [4.69, 9.17) is 9.47 Å². The maximum atomic E-state index is 13.5. The van der Waals surface area contributed by atoms with Crippen LogP contribution in [-0.4, -0.2) is 36.2 Å². The maximum Gasteiger partial charge on any atom is 0.338 e. The van der Waals surface area contributed by atoms with Gasteiger partial charge in [-0.1, -0.05) is 12.1 Å². The van der Waals surface area contributed by atoms with Gasteiger partial charge in [0.2, 0.25) is 0 Å². The lowest BCUT2D eigenvalue weighted by molar-refractivity contribution is -0.114. The molecule has 0 aliphatic carbocycles. The Morgan fingerprint density at radius 1 is 0.833 bits per heavy atom. The molecule has 4 rings (SSSR count). The number of rotatable bonds is 8. The molecule has 0 saturated carbocycles. The zero-order chi connectivity index (χ0) is 25.7. The highest BCUT2D eigenvalue weighted by Gasteiger charge is 2.35. The number of phenols is 1. The van der Waals surface area contributed by atoms with Crippen LogP contribution in [0.5, 0.6) is 5.75 Å². The van der Waals surface area contributed by atoms with Crippen LogP contribution in [0.1, 0.15) is 46.2 Å². The third-order valence-corrected chi connectivity index (χ3v) is 5.62. The van der Waals surface area contributed by atoms with Crippen LogP contribution >= 0.6 is 0 Å². The molecular formula is C28H26N2O6. The smallest absolute Gasteiger partial charge is 0.338 e. The van der Waals surface area contributed by atoms with Gasteiger partial charge in [-0.2, -0.15) is 0 Å². The van der Waals surface area contributed by atoms with Gasteiger partial charge in [-0.3, -0.25) is 9.69 Å². The summed E-state index contributed by atoms with van der Waals surface area (Å²) in [6.45, 7) is 4.04. The Morgan fingerprint density at radius 3 is 1.89 bits per heavy atom. The molecule has 0 aromatic heterocycles. The number of nitrogens with one attached hydrogen (secondary N) is 1. The van der Waals surface area contributed by atoms with Crippen LogP contribution in [0.15, 0.2) is 84.6 Å². The standard InChI is InChI=1S/C28H26N2O6/c1-3-35-27(33)19-5-11-21(12-6-19)29-24-17-25(18-9-15-23(31)16-10-18)30(26(24)32)22-13-7-20(8-14-22)28(34)36-4-2/h5-17,25,29,31H,3-4H2,1-2H3/t25-/m1/s1. The van der Waals surface area contributed by atoms with Gasteiger partial charge in [-0.05, 0) is 86.2 Å². The first-order chi connectivity index (χ1) is 17.4. The van der Waals surface area contributed by atoms with E-state index in [0.29, 0.717) is 28.2 Å². The Hall–Kier alpha value is -4.59. The van der Waals surface area contributed by atoms with E-state index in [2.05, 4.69) is 5.32 Å². The number of aromatic hydroxyl groups is 1. The molecule has 1 aliphatic heterocycles. The molecule has 36 heavy (non-hydrogen) atoms. The van der Waals surface area contributed by atoms with Gasteiger partial charge in [0.1, 0.15) is 11.4 Å². The Labute approximate surface area is 208 Å². The number of anilines is 2. The summed E-state index contributed by atoms with van der Waals surface area (Å²) in [5.41, 5.74) is 3.18. The molecule has 2 N–H and O–H groups in total. The van der Waals surface area contributed by atoms with Crippen molar-refractivity contribution in [2.75, 3.05) is 23.4 Å². The minimum atomic E-state index is -0.451. The van der Waals surface area contributed by atoms with Gasteiger partial charge >= 0.3 is 11.9 Å². The molecule has 8 nitrogen and oxygen atoms in total. The third kappa shape index (κ3) is 5.22. The Morgan fingerprint density at radius 2 is 1.36 bits per heavy atom. The number of esters is 2. The van der Waals surface area contributed by atoms with Crippen LogP contribution in [0.25, 0.3) is 0 Å². The van der Waals surface area contributed by atoms with Crippen molar-refractivity contribution < 1.29 is 29.0 Å². The van der Waals surface area contributed by atoms with Crippen LogP contribution in [0.4, 0.5) is 11.4 Å². The summed E-state index contributed by atoms with van der Waals surface area (Å²) >= 11 is 0. The predicted octanol–water partition coefficient (Wildman–Crippen LogP) is 4.83. The normalized spacial score (nSPS) is 14.8. The van der Waals surface area contributed by atoms with Crippen molar-refractivity contribution >= 4 is 29.2 Å². The number of nitrogens with zero attached hydrogens (tertiary/aromatic N) is 1. The summed E-state index contributed by atoms with van der Waals surface area (Å²) in [6.07, 6.45) is 1.80. The second-order valence-electron chi connectivity index (χ2n) is 7.98. The van der Waals surface area contributed by atoms with Gasteiger partial charge in [0.05, 0.1) is 30.4 Å². The van der Waals surface area contributed by atoms with Gasteiger partial charge in [-0.15, -0.1) is 0 Å². The number of benzene rings is 3. The van der Waals surface area contributed by atoms with E-state index in [-0.39, 0.29) is 24.9 Å². The molecule has 184 valence electrons. The first-order valence-electron chi connectivity index (χ1n) is 11.6. The molecule has 0 unspecified atom stereocenters. The Balaban J connectivity index is 1.62. The second kappa shape index (κ2) is 10.8. The lowest BCUT2D eigenvalue weighted by atomic mass is 10.1. The predicted molar refractivity (Wildman–Crippen MR) is 135 cm³/mol. The minimum Gasteiger partial charge on any atom is -0.508 e. The molecule has 1 amide bonds. The van der Waals surface area contributed by atoms with E-state index in [1.54, 1.807) is 97.6 Å². The van der Waals surface area contributed by atoms with E-state index < -0.39 is 18.0 Å². The number of hydrogen-bond donors (Lipinski definition) is 2. The van der Waals surface area contributed by atoms with Crippen molar-refractivity contribution in [2.45, 2.75) is 19.9 Å². The fraction of sp³-hybridized carbons (Fsp3) is 0.179. The molecule has 3 aromatic rings. The van der Waals surface area contributed by atoms with Crippen LogP contribution in [-0.2, 0) is 14.3 Å². The first kappa shape index (κ1) is 24.5. The fourth-order valence-electron chi connectivity index (χ4n) is 3.88. The third-order valence-electron chi connectivity index (χ3n) is 5.62. The van der Waals surface area contributed by atoms with Crippen LogP contribution < -0.4 is 10.2 Å². The monoisotopic (exact) mass is 486 g/mol. The molecule has 0 saturated heterocycles. The SMILES string of the molecule is CCOC(=O)c1ccc(NC2=C[C@H](c3ccc(O)cc3)N(c3ccc(C(=O)OCC)cc3)C2=O)cc1. The highest BCUT2D eigenvalue weighted by atomic mass is 16.5. The zero-order valence-corrected chi connectivity index (χ0v) is 19.9. The summed E-state index contributed by atoms with van der Waals surface area (Å²) in [7, 11) is 0. The lowest BCUT2D eigenvalue weighted by Gasteiger charge is -2.25. The molecule has 1 heterocycles. The largest absolute Gasteiger partial charge is 0.508 e. The number of carbonyl (C=O) groups excluding carboxylic acids is 3. The maximum absolute atomic E-state index is 13.5. The van der Waals surface area contributed by atoms with Gasteiger partial charge in [0, 0.05) is 11.4 Å². The molecule has 8 heteroatoms. The summed E-state index contributed by atoms with van der Waals surface area (Å²) in [5, 5.41) is 12.9. The number of carbonyl (C=O) groups is 3. The van der Waals surface area contributed by atoms with Crippen molar-refractivity contribution in [1.82, 2.24) is 0 Å². The first-order valence-corrected chi connectivity index (χ1v) is 11.6. The number of phenolic OH excluding ortho intramolecular Hbond substituents is 1. The number of amides is 1. The molecule has 1 atom stereocenters. The summed E-state index contributed by atoms with van der Waals surface area (Å²) in [4.78, 5) is 39.1. The number of ether oxygens (including phenoxy) is 2. The minimum absolute atomic E-state index is 0.123. The van der Waals surface area contributed by atoms with Gasteiger partial charge in [-0.25, -0.2) is 9.59 Å². The van der Waals surface area contributed by atoms with Crippen LogP contribution in [0, 0.1) is 0 Å². The molecule has 3 aromatic carbocycles. The second-order valence-corrected chi connectivity index (χ2v) is 7.98. The van der Waals surface area contributed by atoms with Crippen molar-refractivity contribution in [3.63, 3.8) is 0 Å². The fourth-order valence-corrected chi connectivity index (χ4v) is 3.88. The Kier molecular flexibility index (Phi) is 7.34. The van der Waals surface area contributed by atoms with Crippen LogP contribution in [0.2, 0.25) is 0 Å². The highest BCUT2D eigenvalue weighted by molar-refractivity contribution is 6.11. The number of hydrogen-bond acceptors (Lipinski definition) is 7. The van der Waals surface area contributed by atoms with Crippen molar-refractivity contribution in [2.24, 2.45) is 0 Å². The molecular weight excluding hydrogens is 460 g/mol. The van der Waals surface area contributed by atoms with Crippen molar-refractivity contribution in [1.29, 1.82) is 0 Å². The zero-order valence-electron chi connectivity index (χ0n) is 19.9. The summed E-state index contributed by atoms with van der Waals surface area (Å²) < 4.78 is 10.1. The molecule has 1 aliphatic rings. The average molecular weight is 487 g/mol. The van der Waals surface area contributed by atoms with E-state index in [0.717, 1.165) is 5.56 Å². The van der Waals surface area contributed by atoms with Gasteiger partial charge in [0.25, 0.3) is 5.91 Å². The van der Waals surface area contributed by atoms with E-state index >= 15 is 0 Å². The van der Waals surface area contributed by atoms with Gasteiger partial charge in [0.15, 0.2) is 0 Å². The molecule has 0 bridgehead atoms. The Bertz CT molecular complexity index is 1280. The lowest BCUT2D eigenvalue weighted by Crippen LogP contribution is -2.30. The molecule has 0 fully saturated rings. The van der Waals surface area contributed by atoms with Crippen molar-refractivity contribution in [3.05, 3.63) is 101 Å². The van der Waals surface area contributed by atoms with E-state index in [1.165, 1.54) is 0 Å². The highest BCUT2D eigenvalue weighted by Crippen LogP contribution is 2.36. The molecule has 0 radical (unpaired) electrons. The quantitative estimate of drug-likeness (QED) is 0.440. The van der Waals surface area contributed by atoms with Crippen molar-refractivity contribution in [3.8, 4) is 5.75 Å². The summed E-state index contributed by atoms with van der Waals surface area (Å²) in [6, 6.07) is 19.5. The average Bonchev–Trinajstić information content (AvgIpc) is 3.21. The van der Waals surface area contributed by atoms with Gasteiger partial charge < -0.3 is 19.9 Å². The van der Waals surface area contributed by atoms with Crippen LogP contribution in [0.3, 0.4) is 0 Å². The summed E-state index contributed by atoms with van der Waals surface area (Å²) in [5.74, 6) is -0.993. The van der Waals surface area contributed by atoms with E-state index in [9.17, 15) is 19.5 Å². The molecule has 0 spiro atoms. The topological polar surface area (TPSA) is 105 Å². The van der Waals surface area contributed by atoms with E-state index in [1.807, 2.05) is 0 Å².